The number of ether oxygens (including phenoxy) is 1. The van der Waals surface area contributed by atoms with Gasteiger partial charge in [0.05, 0.1) is 6.61 Å². The zero-order chi connectivity index (χ0) is 14.7. The highest BCUT2D eigenvalue weighted by Crippen LogP contribution is 2.42. The van der Waals surface area contributed by atoms with Crippen LogP contribution in [0.2, 0.25) is 0 Å². The van der Waals surface area contributed by atoms with Gasteiger partial charge in [-0.2, -0.15) is 0 Å². The van der Waals surface area contributed by atoms with Crippen molar-refractivity contribution in [3.63, 3.8) is 0 Å². The van der Waals surface area contributed by atoms with Gasteiger partial charge in [-0.25, -0.2) is 0 Å². The minimum Gasteiger partial charge on any atom is -0.465 e. The Bertz CT molecular complexity index is 444. The Labute approximate surface area is 121 Å². The molecule has 110 valence electrons. The van der Waals surface area contributed by atoms with E-state index in [1.807, 2.05) is 25.1 Å². The number of rotatable bonds is 6. The standard InChI is InChI=1S/C17H25NO2/c1-5-20-17(19)16-15(11-12(2)3)18(16)13(4)14-9-7-6-8-10-14/h6-10,12-13,15-16H,5,11H2,1-4H3/t13-,15-,16-,18?/m0/s1. The van der Waals surface area contributed by atoms with E-state index in [0.717, 1.165) is 6.42 Å². The lowest BCUT2D eigenvalue weighted by atomic mass is 10.1. The minimum atomic E-state index is -0.0686. The lowest BCUT2D eigenvalue weighted by Crippen LogP contribution is -2.18. The van der Waals surface area contributed by atoms with E-state index in [9.17, 15) is 4.79 Å². The largest absolute Gasteiger partial charge is 0.465 e. The van der Waals surface area contributed by atoms with Gasteiger partial charge >= 0.3 is 5.97 Å². The summed E-state index contributed by atoms with van der Waals surface area (Å²) in [7, 11) is 0. The van der Waals surface area contributed by atoms with Crippen molar-refractivity contribution in [3.8, 4) is 0 Å². The van der Waals surface area contributed by atoms with Crippen molar-refractivity contribution >= 4 is 5.97 Å². The van der Waals surface area contributed by atoms with Crippen LogP contribution in [0.15, 0.2) is 30.3 Å². The molecule has 1 saturated heterocycles. The smallest absolute Gasteiger partial charge is 0.325 e. The normalized spacial score (nSPS) is 26.4. The van der Waals surface area contributed by atoms with E-state index in [1.165, 1.54) is 5.56 Å². The summed E-state index contributed by atoms with van der Waals surface area (Å²) in [6.07, 6.45) is 1.04. The molecule has 0 aromatic heterocycles. The van der Waals surface area contributed by atoms with Gasteiger partial charge in [0.2, 0.25) is 0 Å². The number of carbonyl (C=O) groups excluding carboxylic acids is 1. The molecule has 0 saturated carbocycles. The first kappa shape index (κ1) is 15.0. The van der Waals surface area contributed by atoms with E-state index in [0.29, 0.717) is 18.6 Å². The molecular formula is C17H25NO2. The molecule has 1 aromatic carbocycles. The zero-order valence-electron chi connectivity index (χ0n) is 12.9. The number of hydrogen-bond donors (Lipinski definition) is 0. The molecule has 0 bridgehead atoms. The van der Waals surface area contributed by atoms with E-state index >= 15 is 0 Å². The van der Waals surface area contributed by atoms with Crippen molar-refractivity contribution in [3.05, 3.63) is 35.9 Å². The van der Waals surface area contributed by atoms with Crippen molar-refractivity contribution in [2.45, 2.75) is 52.2 Å². The summed E-state index contributed by atoms with van der Waals surface area (Å²) in [5, 5.41) is 0. The van der Waals surface area contributed by atoms with Crippen LogP contribution in [0.25, 0.3) is 0 Å². The second kappa shape index (κ2) is 6.40. The van der Waals surface area contributed by atoms with Crippen molar-refractivity contribution < 1.29 is 9.53 Å². The highest BCUT2D eigenvalue weighted by atomic mass is 16.5. The molecule has 3 heteroatoms. The molecule has 4 atom stereocenters. The molecule has 1 aliphatic heterocycles. The minimum absolute atomic E-state index is 0.0624. The van der Waals surface area contributed by atoms with Gasteiger partial charge in [0.1, 0.15) is 6.04 Å². The van der Waals surface area contributed by atoms with Gasteiger partial charge in [-0.05, 0) is 31.7 Å². The maximum atomic E-state index is 12.1. The molecule has 3 nitrogen and oxygen atoms in total. The van der Waals surface area contributed by atoms with Gasteiger partial charge in [0.15, 0.2) is 0 Å². The first-order chi connectivity index (χ1) is 9.56. The maximum absolute atomic E-state index is 12.1. The van der Waals surface area contributed by atoms with Crippen LogP contribution < -0.4 is 0 Å². The highest BCUT2D eigenvalue weighted by Gasteiger charge is 2.55. The van der Waals surface area contributed by atoms with Crippen molar-refractivity contribution in [2.24, 2.45) is 5.92 Å². The van der Waals surface area contributed by atoms with E-state index < -0.39 is 0 Å². The summed E-state index contributed by atoms with van der Waals surface area (Å²) in [6.45, 7) is 8.89. The predicted molar refractivity (Wildman–Crippen MR) is 80.4 cm³/mol. The number of carbonyl (C=O) groups is 1. The Morgan fingerprint density at radius 2 is 1.90 bits per heavy atom. The molecular weight excluding hydrogens is 250 g/mol. The Balaban J connectivity index is 2.10. The second-order valence-electron chi connectivity index (χ2n) is 5.93. The number of hydrogen-bond acceptors (Lipinski definition) is 3. The monoisotopic (exact) mass is 275 g/mol. The first-order valence-electron chi connectivity index (χ1n) is 7.55. The summed E-state index contributed by atoms with van der Waals surface area (Å²) in [4.78, 5) is 14.4. The Morgan fingerprint density at radius 1 is 1.25 bits per heavy atom. The number of benzene rings is 1. The van der Waals surface area contributed by atoms with Crippen LogP contribution in [-0.2, 0) is 9.53 Å². The Kier molecular flexibility index (Phi) is 4.81. The van der Waals surface area contributed by atoms with Gasteiger partial charge in [-0.1, -0.05) is 44.2 Å². The average Bonchev–Trinajstić information content (AvgIpc) is 3.12. The molecule has 0 amide bonds. The first-order valence-corrected chi connectivity index (χ1v) is 7.55. The molecule has 0 aliphatic carbocycles. The average molecular weight is 275 g/mol. The van der Waals surface area contributed by atoms with Crippen LogP contribution in [0.3, 0.4) is 0 Å². The summed E-state index contributed by atoms with van der Waals surface area (Å²) in [5.41, 5.74) is 1.26. The Hall–Kier alpha value is -1.35. The summed E-state index contributed by atoms with van der Waals surface area (Å²) < 4.78 is 5.21. The summed E-state index contributed by atoms with van der Waals surface area (Å²) >= 11 is 0. The van der Waals surface area contributed by atoms with Crippen LogP contribution in [-0.4, -0.2) is 29.6 Å². The predicted octanol–water partition coefficient (Wildman–Crippen LogP) is 3.41. The van der Waals surface area contributed by atoms with Gasteiger partial charge in [-0.3, -0.25) is 9.69 Å². The summed E-state index contributed by atoms with van der Waals surface area (Å²) in [6, 6.07) is 10.9. The SMILES string of the molecule is CCOC(=O)[C@@H]1[C@H](CC(C)C)N1[C@@H](C)c1ccccc1. The lowest BCUT2D eigenvalue weighted by Gasteiger charge is -2.15. The van der Waals surface area contributed by atoms with E-state index in [2.05, 4.69) is 37.8 Å². The molecule has 2 rings (SSSR count). The van der Waals surface area contributed by atoms with Crippen LogP contribution in [0.4, 0.5) is 0 Å². The third-order valence-corrected chi connectivity index (χ3v) is 3.95. The topological polar surface area (TPSA) is 29.3 Å². The van der Waals surface area contributed by atoms with Crippen molar-refractivity contribution in [1.82, 2.24) is 4.90 Å². The molecule has 1 aromatic rings. The zero-order valence-corrected chi connectivity index (χ0v) is 12.9. The van der Waals surface area contributed by atoms with Crippen LogP contribution in [0, 0.1) is 5.92 Å². The third kappa shape index (κ3) is 3.21. The quantitative estimate of drug-likeness (QED) is 0.588. The number of nitrogens with zero attached hydrogens (tertiary/aromatic N) is 1. The van der Waals surface area contributed by atoms with Gasteiger partial charge in [-0.15, -0.1) is 0 Å². The maximum Gasteiger partial charge on any atom is 0.325 e. The van der Waals surface area contributed by atoms with Gasteiger partial charge in [0, 0.05) is 12.1 Å². The molecule has 0 N–H and O–H groups in total. The van der Waals surface area contributed by atoms with Crippen LogP contribution >= 0.6 is 0 Å². The summed E-state index contributed by atoms with van der Waals surface area (Å²) in [5.74, 6) is 0.519. The molecule has 0 radical (unpaired) electrons. The van der Waals surface area contributed by atoms with Crippen molar-refractivity contribution in [2.75, 3.05) is 6.61 Å². The van der Waals surface area contributed by atoms with E-state index in [-0.39, 0.29) is 18.1 Å². The highest BCUT2D eigenvalue weighted by molar-refractivity contribution is 5.80. The van der Waals surface area contributed by atoms with E-state index in [1.54, 1.807) is 0 Å². The lowest BCUT2D eigenvalue weighted by molar-refractivity contribution is -0.143. The number of esters is 1. The van der Waals surface area contributed by atoms with Crippen LogP contribution in [0.5, 0.6) is 0 Å². The van der Waals surface area contributed by atoms with Gasteiger partial charge in [0.25, 0.3) is 0 Å². The molecule has 20 heavy (non-hydrogen) atoms. The fraction of sp³-hybridized carbons (Fsp3) is 0.588. The van der Waals surface area contributed by atoms with Gasteiger partial charge < -0.3 is 4.74 Å². The second-order valence-corrected chi connectivity index (χ2v) is 5.93. The molecule has 1 heterocycles. The molecule has 0 spiro atoms. The molecule has 1 unspecified atom stereocenters. The van der Waals surface area contributed by atoms with Crippen molar-refractivity contribution in [1.29, 1.82) is 0 Å². The van der Waals surface area contributed by atoms with Crippen LogP contribution in [0.1, 0.15) is 45.7 Å². The Morgan fingerprint density at radius 3 is 2.45 bits per heavy atom. The third-order valence-electron chi connectivity index (χ3n) is 3.95. The molecule has 1 aliphatic rings. The molecule has 1 fully saturated rings. The fourth-order valence-corrected chi connectivity index (χ4v) is 2.97. The van der Waals surface area contributed by atoms with E-state index in [4.69, 9.17) is 4.74 Å². The fourth-order valence-electron chi connectivity index (χ4n) is 2.97.